The molecule has 2 rings (SSSR count). The first-order chi connectivity index (χ1) is 9.58. The Labute approximate surface area is 117 Å². The number of hydrogen-bond donors (Lipinski definition) is 1. The minimum Gasteiger partial charge on any atom is -0.462 e. The molecule has 1 aromatic carbocycles. The van der Waals surface area contributed by atoms with Crippen molar-refractivity contribution in [3.05, 3.63) is 59.1 Å². The van der Waals surface area contributed by atoms with Gasteiger partial charge in [0.05, 0.1) is 0 Å². The van der Waals surface area contributed by atoms with Crippen LogP contribution in [-0.2, 0) is 4.79 Å². The van der Waals surface area contributed by atoms with Crippen LogP contribution in [0, 0.1) is 25.2 Å². The summed E-state index contributed by atoms with van der Waals surface area (Å²) in [5.41, 5.74) is 1.69. The molecule has 100 valence electrons. The lowest BCUT2D eigenvalue weighted by atomic mass is 10.2. The van der Waals surface area contributed by atoms with Gasteiger partial charge in [-0.05, 0) is 43.7 Å². The molecule has 0 atom stereocenters. The molecule has 0 bridgehead atoms. The van der Waals surface area contributed by atoms with Crippen LogP contribution in [-0.4, -0.2) is 5.91 Å². The minimum atomic E-state index is -0.452. The smallest absolute Gasteiger partial charge is 0.266 e. The predicted molar refractivity (Wildman–Crippen MR) is 76.8 cm³/mol. The van der Waals surface area contributed by atoms with Crippen LogP contribution >= 0.6 is 0 Å². The standard InChI is InChI=1S/C16H14N2O2/c1-11-4-3-5-14(8-11)18-16(19)13(10-17)9-15-7-6-12(2)20-15/h3-9H,1-2H3,(H,18,19)/b13-9-. The summed E-state index contributed by atoms with van der Waals surface area (Å²) in [6.45, 7) is 3.73. The van der Waals surface area contributed by atoms with Crippen LogP contribution in [0.1, 0.15) is 17.1 Å². The third kappa shape index (κ3) is 3.36. The molecule has 1 heterocycles. The summed E-state index contributed by atoms with van der Waals surface area (Å²) < 4.78 is 5.33. The summed E-state index contributed by atoms with van der Waals surface area (Å²) in [7, 11) is 0. The number of amides is 1. The number of nitriles is 1. The van der Waals surface area contributed by atoms with Crippen molar-refractivity contribution in [1.29, 1.82) is 5.26 Å². The number of benzene rings is 1. The minimum absolute atomic E-state index is 0.000793. The van der Waals surface area contributed by atoms with Crippen molar-refractivity contribution in [2.45, 2.75) is 13.8 Å². The van der Waals surface area contributed by atoms with E-state index < -0.39 is 5.91 Å². The molecule has 0 aliphatic heterocycles. The van der Waals surface area contributed by atoms with Crippen LogP contribution in [0.5, 0.6) is 0 Å². The molecule has 4 nitrogen and oxygen atoms in total. The second-order valence-corrected chi connectivity index (χ2v) is 4.44. The number of rotatable bonds is 3. The average molecular weight is 266 g/mol. The van der Waals surface area contributed by atoms with E-state index in [1.807, 2.05) is 31.2 Å². The fourth-order valence-corrected chi connectivity index (χ4v) is 1.74. The number of aryl methyl sites for hydroxylation is 2. The van der Waals surface area contributed by atoms with Crippen molar-refractivity contribution in [3.8, 4) is 6.07 Å². The van der Waals surface area contributed by atoms with E-state index in [-0.39, 0.29) is 5.57 Å². The van der Waals surface area contributed by atoms with Gasteiger partial charge in [-0.25, -0.2) is 0 Å². The Morgan fingerprint density at radius 2 is 2.10 bits per heavy atom. The van der Waals surface area contributed by atoms with Gasteiger partial charge < -0.3 is 9.73 Å². The summed E-state index contributed by atoms with van der Waals surface area (Å²) >= 11 is 0. The SMILES string of the molecule is Cc1cccc(NC(=O)/C(C#N)=C\c2ccc(C)o2)c1. The topological polar surface area (TPSA) is 66.0 Å². The molecule has 0 spiro atoms. The number of carbonyl (C=O) groups excluding carboxylic acids is 1. The van der Waals surface area contributed by atoms with Crippen molar-refractivity contribution < 1.29 is 9.21 Å². The number of hydrogen-bond acceptors (Lipinski definition) is 3. The molecule has 1 aromatic heterocycles. The maximum absolute atomic E-state index is 12.0. The van der Waals surface area contributed by atoms with Gasteiger partial charge in [0.2, 0.25) is 0 Å². The summed E-state index contributed by atoms with van der Waals surface area (Å²) in [6.07, 6.45) is 1.43. The van der Waals surface area contributed by atoms with E-state index >= 15 is 0 Å². The Bertz CT molecular complexity index is 705. The first-order valence-electron chi connectivity index (χ1n) is 6.15. The molecule has 0 aliphatic carbocycles. The summed E-state index contributed by atoms with van der Waals surface area (Å²) in [5.74, 6) is 0.762. The van der Waals surface area contributed by atoms with Gasteiger partial charge >= 0.3 is 0 Å². The first-order valence-corrected chi connectivity index (χ1v) is 6.15. The van der Waals surface area contributed by atoms with Gasteiger partial charge in [0.1, 0.15) is 23.2 Å². The van der Waals surface area contributed by atoms with E-state index in [4.69, 9.17) is 9.68 Å². The van der Waals surface area contributed by atoms with Crippen molar-refractivity contribution in [3.63, 3.8) is 0 Å². The Balaban J connectivity index is 2.18. The van der Waals surface area contributed by atoms with Crippen LogP contribution in [0.2, 0.25) is 0 Å². The predicted octanol–water partition coefficient (Wildman–Crippen LogP) is 3.44. The van der Waals surface area contributed by atoms with E-state index in [1.54, 1.807) is 25.1 Å². The van der Waals surface area contributed by atoms with Gasteiger partial charge in [0.25, 0.3) is 5.91 Å². The molecule has 0 fully saturated rings. The second kappa shape index (κ2) is 5.89. The largest absolute Gasteiger partial charge is 0.462 e. The van der Waals surface area contributed by atoms with Gasteiger partial charge in [0.15, 0.2) is 0 Å². The quantitative estimate of drug-likeness (QED) is 0.683. The molecule has 2 aromatic rings. The van der Waals surface area contributed by atoms with Crippen LogP contribution in [0.15, 0.2) is 46.4 Å². The molecule has 1 N–H and O–H groups in total. The molecule has 20 heavy (non-hydrogen) atoms. The molecular weight excluding hydrogens is 252 g/mol. The van der Waals surface area contributed by atoms with Crippen molar-refractivity contribution >= 4 is 17.7 Å². The zero-order valence-corrected chi connectivity index (χ0v) is 11.3. The van der Waals surface area contributed by atoms with Crippen LogP contribution in [0.4, 0.5) is 5.69 Å². The maximum atomic E-state index is 12.0. The van der Waals surface area contributed by atoms with E-state index in [2.05, 4.69) is 5.32 Å². The van der Waals surface area contributed by atoms with Crippen molar-refractivity contribution in [2.75, 3.05) is 5.32 Å². The monoisotopic (exact) mass is 266 g/mol. The lowest BCUT2D eigenvalue weighted by Crippen LogP contribution is -2.13. The Morgan fingerprint density at radius 1 is 1.30 bits per heavy atom. The van der Waals surface area contributed by atoms with Gasteiger partial charge in [0, 0.05) is 11.8 Å². The number of carbonyl (C=O) groups is 1. The highest BCUT2D eigenvalue weighted by Gasteiger charge is 2.10. The van der Waals surface area contributed by atoms with E-state index in [1.165, 1.54) is 6.08 Å². The Kier molecular flexibility index (Phi) is 4.02. The third-order valence-corrected chi connectivity index (χ3v) is 2.69. The zero-order valence-electron chi connectivity index (χ0n) is 11.3. The van der Waals surface area contributed by atoms with E-state index in [9.17, 15) is 4.79 Å². The molecule has 0 saturated heterocycles. The third-order valence-electron chi connectivity index (χ3n) is 2.69. The van der Waals surface area contributed by atoms with E-state index in [0.717, 1.165) is 11.3 Å². The number of nitrogens with one attached hydrogen (secondary N) is 1. The lowest BCUT2D eigenvalue weighted by Gasteiger charge is -2.04. The van der Waals surface area contributed by atoms with Gasteiger partial charge in [-0.1, -0.05) is 12.1 Å². The highest BCUT2D eigenvalue weighted by molar-refractivity contribution is 6.09. The lowest BCUT2D eigenvalue weighted by molar-refractivity contribution is -0.112. The first kappa shape index (κ1) is 13.6. The van der Waals surface area contributed by atoms with Gasteiger partial charge in [-0.3, -0.25) is 4.79 Å². The van der Waals surface area contributed by atoms with Crippen LogP contribution in [0.3, 0.4) is 0 Å². The summed E-state index contributed by atoms with van der Waals surface area (Å²) in [5, 5.41) is 11.8. The second-order valence-electron chi connectivity index (χ2n) is 4.44. The fourth-order valence-electron chi connectivity index (χ4n) is 1.74. The van der Waals surface area contributed by atoms with Gasteiger partial charge in [-0.2, -0.15) is 5.26 Å². The fraction of sp³-hybridized carbons (Fsp3) is 0.125. The van der Waals surface area contributed by atoms with E-state index in [0.29, 0.717) is 11.4 Å². The van der Waals surface area contributed by atoms with Gasteiger partial charge in [-0.15, -0.1) is 0 Å². The Morgan fingerprint density at radius 3 is 2.70 bits per heavy atom. The molecule has 4 heteroatoms. The molecule has 0 aliphatic rings. The number of nitrogens with zero attached hydrogens (tertiary/aromatic N) is 1. The molecule has 0 saturated carbocycles. The molecular formula is C16H14N2O2. The highest BCUT2D eigenvalue weighted by Crippen LogP contribution is 2.14. The Hall–Kier alpha value is -2.80. The normalized spacial score (nSPS) is 10.9. The average Bonchev–Trinajstić information content (AvgIpc) is 2.81. The van der Waals surface area contributed by atoms with Crippen LogP contribution in [0.25, 0.3) is 6.08 Å². The highest BCUT2D eigenvalue weighted by atomic mass is 16.3. The van der Waals surface area contributed by atoms with Crippen LogP contribution < -0.4 is 5.32 Å². The van der Waals surface area contributed by atoms with Crippen molar-refractivity contribution in [1.82, 2.24) is 0 Å². The maximum Gasteiger partial charge on any atom is 0.266 e. The van der Waals surface area contributed by atoms with Crippen molar-refractivity contribution in [2.24, 2.45) is 0 Å². The molecule has 1 amide bonds. The molecule has 0 unspecified atom stereocenters. The number of anilines is 1. The zero-order chi connectivity index (χ0) is 14.5. The summed E-state index contributed by atoms with van der Waals surface area (Å²) in [4.78, 5) is 12.0. The number of furan rings is 1. The molecule has 0 radical (unpaired) electrons. The summed E-state index contributed by atoms with van der Waals surface area (Å²) in [6, 6.07) is 12.8.